The lowest BCUT2D eigenvalue weighted by Crippen LogP contribution is -2.04. The predicted octanol–water partition coefficient (Wildman–Crippen LogP) is 3.83. The zero-order chi connectivity index (χ0) is 18.9. The lowest BCUT2D eigenvalue weighted by Gasteiger charge is -2.08. The number of hydrogen-bond acceptors (Lipinski definition) is 5. The first-order chi connectivity index (χ1) is 12.2. The van der Waals surface area contributed by atoms with Gasteiger partial charge in [-0.1, -0.05) is 24.3 Å². The highest BCUT2D eigenvalue weighted by molar-refractivity contribution is 6.28. The van der Waals surface area contributed by atoms with Crippen molar-refractivity contribution in [2.45, 2.75) is 12.8 Å². The van der Waals surface area contributed by atoms with Crippen molar-refractivity contribution in [3.63, 3.8) is 0 Å². The monoisotopic (exact) mass is 384 g/mol. The molecule has 0 saturated carbocycles. The molecule has 26 heavy (non-hydrogen) atoms. The van der Waals surface area contributed by atoms with E-state index in [1.54, 1.807) is 24.3 Å². The standard InChI is InChI=1S/C16H12ClF3N4O2/c1-24-7-12(16(18,19)20)22-13(24)10-4-2-9(3-5-10)8-26-14-11(25)6-21-15(17)23-14/h2-7,25H,8H2,1H3. The highest BCUT2D eigenvalue weighted by Gasteiger charge is 2.34. The number of nitrogens with zero attached hydrogens (tertiary/aromatic N) is 4. The number of halogens is 4. The number of alkyl halides is 3. The van der Waals surface area contributed by atoms with E-state index in [0.717, 1.165) is 12.4 Å². The highest BCUT2D eigenvalue weighted by Crippen LogP contribution is 2.30. The Bertz CT molecular complexity index is 926. The normalized spacial score (nSPS) is 11.6. The summed E-state index contributed by atoms with van der Waals surface area (Å²) in [5.41, 5.74) is 0.298. The fraction of sp³-hybridized carbons (Fsp3) is 0.188. The van der Waals surface area contributed by atoms with Crippen molar-refractivity contribution < 1.29 is 23.0 Å². The quantitative estimate of drug-likeness (QED) is 0.692. The Labute approximate surface area is 150 Å². The average molecular weight is 385 g/mol. The van der Waals surface area contributed by atoms with Crippen molar-refractivity contribution in [1.82, 2.24) is 19.5 Å². The summed E-state index contributed by atoms with van der Waals surface area (Å²) in [5, 5.41) is 9.53. The number of imidazole rings is 1. The molecule has 1 aromatic carbocycles. The topological polar surface area (TPSA) is 73.1 Å². The van der Waals surface area contributed by atoms with E-state index in [1.807, 2.05) is 0 Å². The minimum atomic E-state index is -4.50. The first-order valence-electron chi connectivity index (χ1n) is 7.28. The van der Waals surface area contributed by atoms with Gasteiger partial charge < -0.3 is 14.4 Å². The van der Waals surface area contributed by atoms with Gasteiger partial charge in [0.2, 0.25) is 5.28 Å². The molecular formula is C16H12ClF3N4O2. The maximum absolute atomic E-state index is 12.8. The summed E-state index contributed by atoms with van der Waals surface area (Å²) in [7, 11) is 1.50. The Morgan fingerprint density at radius 3 is 2.50 bits per heavy atom. The van der Waals surface area contributed by atoms with E-state index < -0.39 is 11.9 Å². The average Bonchev–Trinajstić information content (AvgIpc) is 2.98. The largest absolute Gasteiger partial charge is 0.502 e. The zero-order valence-electron chi connectivity index (χ0n) is 13.3. The van der Waals surface area contributed by atoms with Crippen LogP contribution >= 0.6 is 11.6 Å². The fourth-order valence-electron chi connectivity index (χ4n) is 2.22. The van der Waals surface area contributed by atoms with Gasteiger partial charge in [-0.3, -0.25) is 0 Å². The number of ether oxygens (including phenoxy) is 1. The van der Waals surface area contributed by atoms with Crippen LogP contribution in [0.5, 0.6) is 11.6 Å². The van der Waals surface area contributed by atoms with Gasteiger partial charge in [0, 0.05) is 18.8 Å². The van der Waals surface area contributed by atoms with Crippen LogP contribution in [0.4, 0.5) is 13.2 Å². The third-order valence-corrected chi connectivity index (χ3v) is 3.64. The number of benzene rings is 1. The van der Waals surface area contributed by atoms with Crippen LogP contribution < -0.4 is 4.74 Å². The van der Waals surface area contributed by atoms with Crippen LogP contribution in [0.3, 0.4) is 0 Å². The summed E-state index contributed by atoms with van der Waals surface area (Å²) in [6.07, 6.45) is -2.44. The second-order valence-electron chi connectivity index (χ2n) is 5.37. The molecule has 6 nitrogen and oxygen atoms in total. The van der Waals surface area contributed by atoms with Crippen molar-refractivity contribution >= 4 is 11.6 Å². The first kappa shape index (κ1) is 18.0. The molecule has 0 aliphatic rings. The van der Waals surface area contributed by atoms with Gasteiger partial charge in [-0.25, -0.2) is 9.97 Å². The van der Waals surface area contributed by atoms with Crippen molar-refractivity contribution in [2.75, 3.05) is 0 Å². The Balaban J connectivity index is 1.75. The lowest BCUT2D eigenvalue weighted by atomic mass is 10.1. The van der Waals surface area contributed by atoms with Crippen LogP contribution in [-0.2, 0) is 19.8 Å². The molecule has 0 aliphatic carbocycles. The van der Waals surface area contributed by atoms with Gasteiger partial charge in [-0.2, -0.15) is 18.2 Å². The van der Waals surface area contributed by atoms with Crippen molar-refractivity contribution in [3.05, 3.63) is 53.2 Å². The second kappa shape index (κ2) is 6.83. The molecule has 3 aromatic rings. The Kier molecular flexibility index (Phi) is 4.73. The van der Waals surface area contributed by atoms with Gasteiger partial charge in [0.1, 0.15) is 12.4 Å². The van der Waals surface area contributed by atoms with E-state index in [2.05, 4.69) is 15.0 Å². The molecule has 0 atom stereocenters. The molecule has 0 fully saturated rings. The van der Waals surface area contributed by atoms with E-state index in [1.165, 1.54) is 11.6 Å². The van der Waals surface area contributed by atoms with Crippen molar-refractivity contribution in [2.24, 2.45) is 7.05 Å². The maximum Gasteiger partial charge on any atom is 0.434 e. The lowest BCUT2D eigenvalue weighted by molar-refractivity contribution is -0.140. The van der Waals surface area contributed by atoms with Gasteiger partial charge in [0.15, 0.2) is 11.4 Å². The van der Waals surface area contributed by atoms with Crippen molar-refractivity contribution in [3.8, 4) is 23.0 Å². The van der Waals surface area contributed by atoms with Gasteiger partial charge in [0.25, 0.3) is 5.88 Å². The second-order valence-corrected chi connectivity index (χ2v) is 5.71. The molecule has 0 saturated heterocycles. The van der Waals surface area contributed by atoms with E-state index >= 15 is 0 Å². The van der Waals surface area contributed by atoms with E-state index in [-0.39, 0.29) is 29.3 Å². The van der Waals surface area contributed by atoms with Crippen LogP contribution in [0.2, 0.25) is 5.28 Å². The summed E-state index contributed by atoms with van der Waals surface area (Å²) in [5.74, 6) is -0.114. The SMILES string of the molecule is Cn1cc(C(F)(F)F)nc1-c1ccc(COc2nc(Cl)ncc2O)cc1. The summed E-state index contributed by atoms with van der Waals surface area (Å²) in [4.78, 5) is 11.0. The molecule has 2 aromatic heterocycles. The number of aromatic hydroxyl groups is 1. The van der Waals surface area contributed by atoms with E-state index in [4.69, 9.17) is 16.3 Å². The third-order valence-electron chi connectivity index (χ3n) is 3.46. The summed E-state index contributed by atoms with van der Waals surface area (Å²) >= 11 is 5.63. The molecule has 2 heterocycles. The van der Waals surface area contributed by atoms with Crippen LogP contribution in [-0.4, -0.2) is 24.6 Å². The molecule has 3 rings (SSSR count). The molecule has 0 amide bonds. The molecular weight excluding hydrogens is 373 g/mol. The summed E-state index contributed by atoms with van der Waals surface area (Å²) in [6.45, 7) is 0.0789. The highest BCUT2D eigenvalue weighted by atomic mass is 35.5. The molecule has 0 bridgehead atoms. The third kappa shape index (κ3) is 3.88. The first-order valence-corrected chi connectivity index (χ1v) is 7.66. The molecule has 0 unspecified atom stereocenters. The molecule has 0 radical (unpaired) electrons. The van der Waals surface area contributed by atoms with Crippen LogP contribution in [0.1, 0.15) is 11.3 Å². The molecule has 0 spiro atoms. The van der Waals surface area contributed by atoms with E-state index in [0.29, 0.717) is 11.1 Å². The van der Waals surface area contributed by atoms with Crippen LogP contribution in [0, 0.1) is 0 Å². The van der Waals surface area contributed by atoms with Crippen molar-refractivity contribution in [1.29, 1.82) is 0 Å². The fourth-order valence-corrected chi connectivity index (χ4v) is 2.34. The van der Waals surface area contributed by atoms with Crippen LogP contribution in [0.25, 0.3) is 11.4 Å². The smallest absolute Gasteiger partial charge is 0.434 e. The minimum absolute atomic E-state index is 0.0620. The number of aromatic nitrogens is 4. The predicted molar refractivity (Wildman–Crippen MR) is 86.7 cm³/mol. The van der Waals surface area contributed by atoms with Gasteiger partial charge in [0.05, 0.1) is 6.20 Å². The molecule has 136 valence electrons. The maximum atomic E-state index is 12.8. The minimum Gasteiger partial charge on any atom is -0.502 e. The zero-order valence-corrected chi connectivity index (χ0v) is 14.1. The van der Waals surface area contributed by atoms with Gasteiger partial charge in [-0.05, 0) is 17.2 Å². The molecule has 0 aliphatic heterocycles. The number of rotatable bonds is 4. The Morgan fingerprint density at radius 2 is 1.88 bits per heavy atom. The molecule has 1 N–H and O–H groups in total. The Morgan fingerprint density at radius 1 is 1.19 bits per heavy atom. The number of hydrogen-bond donors (Lipinski definition) is 1. The summed E-state index contributed by atoms with van der Waals surface area (Å²) < 4.78 is 44.9. The summed E-state index contributed by atoms with van der Waals surface area (Å²) in [6, 6.07) is 6.62. The van der Waals surface area contributed by atoms with Gasteiger partial charge in [-0.15, -0.1) is 0 Å². The van der Waals surface area contributed by atoms with Gasteiger partial charge >= 0.3 is 6.18 Å². The Hall–Kier alpha value is -2.81. The number of aryl methyl sites for hydroxylation is 1. The molecule has 10 heteroatoms. The van der Waals surface area contributed by atoms with E-state index in [9.17, 15) is 18.3 Å². The van der Waals surface area contributed by atoms with Crippen LogP contribution in [0.15, 0.2) is 36.7 Å².